The Kier molecular flexibility index (Phi) is 3.90. The predicted octanol–water partition coefficient (Wildman–Crippen LogP) is -0.194. The molecule has 0 spiro atoms. The van der Waals surface area contributed by atoms with E-state index in [9.17, 15) is 9.59 Å². The molecule has 1 aromatic rings. The van der Waals surface area contributed by atoms with Gasteiger partial charge in [-0.3, -0.25) is 14.3 Å². The summed E-state index contributed by atoms with van der Waals surface area (Å²) >= 11 is 0. The zero-order chi connectivity index (χ0) is 15.9. The van der Waals surface area contributed by atoms with E-state index in [4.69, 9.17) is 0 Å². The van der Waals surface area contributed by atoms with Crippen LogP contribution in [-0.4, -0.2) is 52.2 Å². The van der Waals surface area contributed by atoms with Gasteiger partial charge in [-0.25, -0.2) is 0 Å². The van der Waals surface area contributed by atoms with Crippen molar-refractivity contribution >= 4 is 11.8 Å². The number of aromatic nitrogens is 2. The van der Waals surface area contributed by atoms with Gasteiger partial charge in [0, 0.05) is 37.8 Å². The van der Waals surface area contributed by atoms with Gasteiger partial charge in [0.25, 0.3) is 0 Å². The lowest BCUT2D eigenvalue weighted by molar-refractivity contribution is -0.128. The fourth-order valence-electron chi connectivity index (χ4n) is 3.21. The van der Waals surface area contributed by atoms with Crippen molar-refractivity contribution in [3.05, 3.63) is 18.0 Å². The maximum Gasteiger partial charge on any atom is 0.242 e. The second-order valence-electron chi connectivity index (χ2n) is 6.41. The highest BCUT2D eigenvalue weighted by atomic mass is 16.2. The fraction of sp³-hybridized carbons (Fsp3) is 0.667. The van der Waals surface area contributed by atoms with E-state index in [1.54, 1.807) is 17.9 Å². The number of likely N-dealkylation sites (N-methyl/N-ethyl adjacent to an activating group) is 1. The Hall–Kier alpha value is -1.89. The number of amides is 2. The molecule has 4 unspecified atom stereocenters. The summed E-state index contributed by atoms with van der Waals surface area (Å²) in [5.74, 6) is 0.639. The molecule has 2 amide bonds. The second kappa shape index (κ2) is 5.72. The molecule has 1 aromatic heterocycles. The van der Waals surface area contributed by atoms with Gasteiger partial charge in [-0.05, 0) is 19.4 Å². The maximum absolute atomic E-state index is 12.5. The summed E-state index contributed by atoms with van der Waals surface area (Å²) in [5.41, 5.74) is 0.819. The maximum atomic E-state index is 12.5. The minimum atomic E-state index is -0.447. The Morgan fingerprint density at radius 1 is 1.50 bits per heavy atom. The third-order valence-corrected chi connectivity index (χ3v) is 4.58. The Morgan fingerprint density at radius 2 is 2.23 bits per heavy atom. The first-order chi connectivity index (χ1) is 10.5. The quantitative estimate of drug-likeness (QED) is 0.790. The molecule has 7 nitrogen and oxygen atoms in total. The molecule has 1 aliphatic heterocycles. The minimum Gasteiger partial charge on any atom is -0.349 e. The van der Waals surface area contributed by atoms with E-state index >= 15 is 0 Å². The van der Waals surface area contributed by atoms with Crippen LogP contribution in [-0.2, 0) is 16.6 Å². The average molecular weight is 305 g/mol. The molecular weight excluding hydrogens is 282 g/mol. The zero-order valence-corrected chi connectivity index (χ0v) is 13.2. The van der Waals surface area contributed by atoms with Crippen LogP contribution < -0.4 is 10.6 Å². The third kappa shape index (κ3) is 2.85. The number of nitrogens with zero attached hydrogens (tertiary/aromatic N) is 3. The Labute approximate surface area is 130 Å². The van der Waals surface area contributed by atoms with Crippen LogP contribution in [0.4, 0.5) is 0 Å². The molecular formula is C15H23N5O2. The van der Waals surface area contributed by atoms with Crippen molar-refractivity contribution in [2.75, 3.05) is 13.6 Å². The molecule has 120 valence electrons. The van der Waals surface area contributed by atoms with E-state index in [1.807, 2.05) is 18.1 Å². The van der Waals surface area contributed by atoms with Crippen molar-refractivity contribution < 1.29 is 9.59 Å². The normalized spacial score (nSPS) is 28.8. The number of rotatable bonds is 5. The summed E-state index contributed by atoms with van der Waals surface area (Å²) < 4.78 is 1.67. The van der Waals surface area contributed by atoms with E-state index in [1.165, 1.54) is 0 Å². The Balaban J connectivity index is 1.60. The van der Waals surface area contributed by atoms with Crippen LogP contribution in [0.2, 0.25) is 0 Å². The summed E-state index contributed by atoms with van der Waals surface area (Å²) in [6, 6.07) is -0.161. The van der Waals surface area contributed by atoms with Gasteiger partial charge in [-0.1, -0.05) is 6.92 Å². The second-order valence-corrected chi connectivity index (χ2v) is 6.41. The number of carbonyl (C=O) groups excluding carboxylic acids is 2. The molecule has 7 heteroatoms. The molecule has 2 aliphatic rings. The number of nitrogens with one attached hydrogen (secondary N) is 2. The van der Waals surface area contributed by atoms with Crippen molar-refractivity contribution in [1.82, 2.24) is 25.3 Å². The largest absolute Gasteiger partial charge is 0.349 e. The van der Waals surface area contributed by atoms with Crippen molar-refractivity contribution in [3.8, 4) is 0 Å². The van der Waals surface area contributed by atoms with Crippen LogP contribution in [0.1, 0.15) is 31.4 Å². The lowest BCUT2D eigenvalue weighted by atomic mass is 10.1. The van der Waals surface area contributed by atoms with Crippen LogP contribution in [0, 0.1) is 5.92 Å². The van der Waals surface area contributed by atoms with Gasteiger partial charge in [0.1, 0.15) is 6.04 Å². The summed E-state index contributed by atoms with van der Waals surface area (Å²) in [6.07, 6.45) is 4.98. The Bertz CT molecular complexity index is 584. The lowest BCUT2D eigenvalue weighted by Crippen LogP contribution is -2.43. The molecule has 2 N–H and O–H groups in total. The van der Waals surface area contributed by atoms with Crippen molar-refractivity contribution in [1.29, 1.82) is 0 Å². The van der Waals surface area contributed by atoms with E-state index in [0.29, 0.717) is 24.9 Å². The molecule has 0 radical (unpaired) electrons. The van der Waals surface area contributed by atoms with Crippen molar-refractivity contribution in [3.63, 3.8) is 0 Å². The summed E-state index contributed by atoms with van der Waals surface area (Å²) in [7, 11) is 3.56. The lowest BCUT2D eigenvalue weighted by Gasteiger charge is -2.19. The Morgan fingerprint density at radius 3 is 2.77 bits per heavy atom. The summed E-state index contributed by atoms with van der Waals surface area (Å²) in [5, 5.41) is 10.1. The smallest absolute Gasteiger partial charge is 0.242 e. The predicted molar refractivity (Wildman–Crippen MR) is 80.8 cm³/mol. The van der Waals surface area contributed by atoms with Gasteiger partial charge in [-0.2, -0.15) is 5.10 Å². The van der Waals surface area contributed by atoms with Gasteiger partial charge < -0.3 is 15.5 Å². The first kappa shape index (κ1) is 15.0. The van der Waals surface area contributed by atoms with E-state index in [-0.39, 0.29) is 17.9 Å². The van der Waals surface area contributed by atoms with Crippen LogP contribution >= 0.6 is 0 Å². The molecule has 0 bridgehead atoms. The van der Waals surface area contributed by atoms with Crippen LogP contribution in [0.15, 0.2) is 12.4 Å². The molecule has 1 saturated heterocycles. The fourth-order valence-corrected chi connectivity index (χ4v) is 3.21. The van der Waals surface area contributed by atoms with Gasteiger partial charge >= 0.3 is 0 Å². The topological polar surface area (TPSA) is 79.3 Å². The number of carbonyl (C=O) groups is 2. The van der Waals surface area contributed by atoms with Crippen LogP contribution in [0.5, 0.6) is 0 Å². The van der Waals surface area contributed by atoms with E-state index in [0.717, 1.165) is 12.0 Å². The molecule has 2 heterocycles. The molecule has 1 saturated carbocycles. The molecule has 0 aromatic carbocycles. The van der Waals surface area contributed by atoms with Crippen LogP contribution in [0.3, 0.4) is 0 Å². The molecule has 3 rings (SSSR count). The number of aryl methyl sites for hydroxylation is 1. The number of hydrogen-bond acceptors (Lipinski definition) is 4. The molecule has 22 heavy (non-hydrogen) atoms. The number of hydrogen-bond donors (Lipinski definition) is 2. The summed E-state index contributed by atoms with van der Waals surface area (Å²) in [4.78, 5) is 26.4. The molecule has 2 fully saturated rings. The third-order valence-electron chi connectivity index (χ3n) is 4.58. The SMILES string of the molecule is CNC(C(=O)NC1CC(=O)N(C2CC2C)C1)c1cnn(C)c1. The highest BCUT2D eigenvalue weighted by Gasteiger charge is 2.45. The monoisotopic (exact) mass is 305 g/mol. The van der Waals surface area contributed by atoms with E-state index < -0.39 is 6.04 Å². The average Bonchev–Trinajstić information content (AvgIpc) is 2.84. The number of likely N-dealkylation sites (tertiary alicyclic amines) is 1. The molecule has 1 aliphatic carbocycles. The minimum absolute atomic E-state index is 0.0969. The summed E-state index contributed by atoms with van der Waals surface area (Å²) in [6.45, 7) is 2.78. The van der Waals surface area contributed by atoms with E-state index in [2.05, 4.69) is 22.7 Å². The van der Waals surface area contributed by atoms with Gasteiger partial charge in [-0.15, -0.1) is 0 Å². The first-order valence-corrected chi connectivity index (χ1v) is 7.75. The molecule has 4 atom stereocenters. The zero-order valence-electron chi connectivity index (χ0n) is 13.2. The highest BCUT2D eigenvalue weighted by Crippen LogP contribution is 2.37. The first-order valence-electron chi connectivity index (χ1n) is 7.75. The van der Waals surface area contributed by atoms with Gasteiger partial charge in [0.15, 0.2) is 0 Å². The van der Waals surface area contributed by atoms with Gasteiger partial charge in [0.05, 0.1) is 12.2 Å². The standard InChI is InChI=1S/C15H23N5O2/c1-9-4-12(9)20-8-11(5-13(20)21)18-15(22)14(16-2)10-6-17-19(3)7-10/h6-7,9,11-12,14,16H,4-5,8H2,1-3H3,(H,18,22). The van der Waals surface area contributed by atoms with Crippen LogP contribution in [0.25, 0.3) is 0 Å². The highest BCUT2D eigenvalue weighted by molar-refractivity contribution is 5.86. The van der Waals surface area contributed by atoms with Crippen molar-refractivity contribution in [2.24, 2.45) is 13.0 Å². The van der Waals surface area contributed by atoms with Gasteiger partial charge in [0.2, 0.25) is 11.8 Å². The van der Waals surface area contributed by atoms with Crippen molar-refractivity contribution in [2.45, 2.75) is 37.9 Å².